The van der Waals surface area contributed by atoms with Gasteiger partial charge in [-0.25, -0.2) is 0 Å². The first-order valence-electron chi connectivity index (χ1n) is 6.78. The van der Waals surface area contributed by atoms with Crippen molar-refractivity contribution in [1.82, 2.24) is 10.5 Å². The molecule has 2 heterocycles. The first-order valence-corrected chi connectivity index (χ1v) is 6.78. The SMILES string of the molecule is Cc1ccccc1CNC(=O)c1c(-c2ccco2)noc1N. The van der Waals surface area contributed by atoms with Crippen LogP contribution in [0.2, 0.25) is 0 Å². The summed E-state index contributed by atoms with van der Waals surface area (Å²) in [6, 6.07) is 11.2. The maximum Gasteiger partial charge on any atom is 0.259 e. The summed E-state index contributed by atoms with van der Waals surface area (Å²) in [6.45, 7) is 2.39. The van der Waals surface area contributed by atoms with E-state index in [0.717, 1.165) is 11.1 Å². The van der Waals surface area contributed by atoms with E-state index < -0.39 is 0 Å². The molecule has 112 valence electrons. The second kappa shape index (κ2) is 5.77. The zero-order chi connectivity index (χ0) is 15.5. The van der Waals surface area contributed by atoms with Crippen LogP contribution in [0.5, 0.6) is 0 Å². The van der Waals surface area contributed by atoms with Crippen LogP contribution in [0, 0.1) is 6.92 Å². The molecule has 3 N–H and O–H groups in total. The number of nitrogens with one attached hydrogen (secondary N) is 1. The molecule has 6 nitrogen and oxygen atoms in total. The van der Waals surface area contributed by atoms with Gasteiger partial charge in [-0.1, -0.05) is 29.4 Å². The Hall–Kier alpha value is -3.02. The maximum atomic E-state index is 12.4. The van der Waals surface area contributed by atoms with Crippen LogP contribution in [0.1, 0.15) is 21.5 Å². The summed E-state index contributed by atoms with van der Waals surface area (Å²) in [7, 11) is 0. The predicted molar refractivity (Wildman–Crippen MR) is 81.0 cm³/mol. The Labute approximate surface area is 126 Å². The highest BCUT2D eigenvalue weighted by molar-refractivity contribution is 6.03. The average Bonchev–Trinajstić information content (AvgIpc) is 3.15. The van der Waals surface area contributed by atoms with Crippen LogP contribution in [-0.2, 0) is 6.54 Å². The number of furan rings is 1. The predicted octanol–water partition coefficient (Wildman–Crippen LogP) is 2.76. The fraction of sp³-hybridized carbons (Fsp3) is 0.125. The van der Waals surface area contributed by atoms with E-state index in [4.69, 9.17) is 14.7 Å². The second-order valence-corrected chi connectivity index (χ2v) is 4.86. The molecule has 1 aromatic carbocycles. The van der Waals surface area contributed by atoms with Gasteiger partial charge >= 0.3 is 0 Å². The number of aryl methyl sites for hydroxylation is 1. The van der Waals surface area contributed by atoms with E-state index in [1.165, 1.54) is 6.26 Å². The fourth-order valence-electron chi connectivity index (χ4n) is 2.18. The van der Waals surface area contributed by atoms with E-state index in [1.54, 1.807) is 12.1 Å². The first kappa shape index (κ1) is 13.9. The molecule has 0 aliphatic carbocycles. The normalized spacial score (nSPS) is 10.6. The highest BCUT2D eigenvalue weighted by Gasteiger charge is 2.23. The van der Waals surface area contributed by atoms with Gasteiger partial charge < -0.3 is 20.0 Å². The number of nitrogens with two attached hydrogens (primary N) is 1. The van der Waals surface area contributed by atoms with Gasteiger partial charge in [0.2, 0.25) is 5.88 Å². The second-order valence-electron chi connectivity index (χ2n) is 4.86. The summed E-state index contributed by atoms with van der Waals surface area (Å²) >= 11 is 0. The van der Waals surface area contributed by atoms with Gasteiger partial charge in [-0.05, 0) is 30.2 Å². The number of carbonyl (C=O) groups excluding carboxylic acids is 1. The fourth-order valence-corrected chi connectivity index (χ4v) is 2.18. The van der Waals surface area contributed by atoms with Crippen molar-refractivity contribution < 1.29 is 13.7 Å². The number of nitrogen functional groups attached to an aromatic ring is 1. The topological polar surface area (TPSA) is 94.3 Å². The van der Waals surface area contributed by atoms with Crippen molar-refractivity contribution in [2.24, 2.45) is 0 Å². The van der Waals surface area contributed by atoms with Crippen LogP contribution in [0.3, 0.4) is 0 Å². The molecule has 0 spiro atoms. The van der Waals surface area contributed by atoms with Crippen LogP contribution in [0.15, 0.2) is 51.6 Å². The minimum absolute atomic E-state index is 0.0336. The van der Waals surface area contributed by atoms with Gasteiger partial charge in [0.1, 0.15) is 5.56 Å². The van der Waals surface area contributed by atoms with Crippen LogP contribution < -0.4 is 11.1 Å². The third-order valence-corrected chi connectivity index (χ3v) is 3.40. The Morgan fingerprint density at radius 2 is 2.09 bits per heavy atom. The summed E-state index contributed by atoms with van der Waals surface area (Å²) in [5.41, 5.74) is 8.33. The Kier molecular flexibility index (Phi) is 3.65. The van der Waals surface area contributed by atoms with Crippen LogP contribution in [-0.4, -0.2) is 11.1 Å². The molecule has 6 heteroatoms. The number of nitrogens with zero attached hydrogens (tertiary/aromatic N) is 1. The Morgan fingerprint density at radius 3 is 2.82 bits per heavy atom. The number of aromatic nitrogens is 1. The number of amides is 1. The number of anilines is 1. The summed E-state index contributed by atoms with van der Waals surface area (Å²) in [5.74, 6) is 0.0450. The standard InChI is InChI=1S/C16H15N3O3/c1-10-5-2-3-6-11(10)9-18-16(20)13-14(19-22-15(13)17)12-7-4-8-21-12/h2-8H,9,17H2,1H3,(H,18,20). The van der Waals surface area contributed by atoms with Gasteiger partial charge in [-0.2, -0.15) is 0 Å². The molecule has 0 bridgehead atoms. The minimum atomic E-state index is -0.353. The lowest BCUT2D eigenvalue weighted by molar-refractivity contribution is 0.0952. The molecule has 0 aliphatic heterocycles. The third-order valence-electron chi connectivity index (χ3n) is 3.40. The molecule has 0 atom stereocenters. The van der Waals surface area contributed by atoms with Gasteiger partial charge in [0, 0.05) is 6.54 Å². The Bertz CT molecular complexity index is 791. The van der Waals surface area contributed by atoms with Crippen LogP contribution in [0.4, 0.5) is 5.88 Å². The summed E-state index contributed by atoms with van der Waals surface area (Å²) < 4.78 is 10.2. The molecule has 0 saturated heterocycles. The third kappa shape index (κ3) is 2.58. The van der Waals surface area contributed by atoms with E-state index in [2.05, 4.69) is 10.5 Å². The van der Waals surface area contributed by atoms with Crippen LogP contribution >= 0.6 is 0 Å². The average molecular weight is 297 g/mol. The van der Waals surface area contributed by atoms with Crippen molar-refractivity contribution in [2.75, 3.05) is 5.73 Å². The van der Waals surface area contributed by atoms with E-state index in [0.29, 0.717) is 18.0 Å². The monoisotopic (exact) mass is 297 g/mol. The van der Waals surface area contributed by atoms with Crippen LogP contribution in [0.25, 0.3) is 11.5 Å². The molecule has 3 aromatic rings. The zero-order valence-corrected chi connectivity index (χ0v) is 12.0. The molecular weight excluding hydrogens is 282 g/mol. The molecule has 0 aliphatic rings. The van der Waals surface area contributed by atoms with Crippen molar-refractivity contribution in [3.63, 3.8) is 0 Å². The van der Waals surface area contributed by atoms with E-state index in [-0.39, 0.29) is 17.4 Å². The molecule has 1 amide bonds. The summed E-state index contributed by atoms with van der Waals surface area (Å²) in [6.07, 6.45) is 1.50. The molecule has 3 rings (SSSR count). The minimum Gasteiger partial charge on any atom is -0.463 e. The maximum absolute atomic E-state index is 12.4. The lowest BCUT2D eigenvalue weighted by atomic mass is 10.1. The van der Waals surface area contributed by atoms with Gasteiger partial charge in [0.25, 0.3) is 5.91 Å². The zero-order valence-electron chi connectivity index (χ0n) is 12.0. The summed E-state index contributed by atoms with van der Waals surface area (Å²) in [4.78, 5) is 12.4. The molecular formula is C16H15N3O3. The van der Waals surface area contributed by atoms with Crippen molar-refractivity contribution in [3.05, 3.63) is 59.4 Å². The summed E-state index contributed by atoms with van der Waals surface area (Å²) in [5, 5.41) is 6.62. The smallest absolute Gasteiger partial charge is 0.259 e. The molecule has 0 saturated carbocycles. The lowest BCUT2D eigenvalue weighted by Crippen LogP contribution is -2.24. The number of carbonyl (C=O) groups is 1. The van der Waals surface area contributed by atoms with Gasteiger partial charge in [-0.15, -0.1) is 0 Å². The highest BCUT2D eigenvalue weighted by Crippen LogP contribution is 2.27. The number of hydrogen-bond acceptors (Lipinski definition) is 5. The van der Waals surface area contributed by atoms with Crippen molar-refractivity contribution in [3.8, 4) is 11.5 Å². The van der Waals surface area contributed by atoms with Crippen molar-refractivity contribution in [2.45, 2.75) is 13.5 Å². The Morgan fingerprint density at radius 1 is 1.27 bits per heavy atom. The highest BCUT2D eigenvalue weighted by atomic mass is 16.5. The quantitative estimate of drug-likeness (QED) is 0.772. The van der Waals surface area contributed by atoms with Crippen molar-refractivity contribution >= 4 is 11.8 Å². The number of benzene rings is 1. The van der Waals surface area contributed by atoms with Crippen molar-refractivity contribution in [1.29, 1.82) is 0 Å². The van der Waals surface area contributed by atoms with E-state index >= 15 is 0 Å². The molecule has 0 fully saturated rings. The van der Waals surface area contributed by atoms with E-state index in [1.807, 2.05) is 31.2 Å². The van der Waals surface area contributed by atoms with Gasteiger partial charge in [0.05, 0.1) is 6.26 Å². The molecule has 2 aromatic heterocycles. The largest absolute Gasteiger partial charge is 0.463 e. The van der Waals surface area contributed by atoms with Gasteiger partial charge in [0.15, 0.2) is 11.5 Å². The Balaban J connectivity index is 1.81. The molecule has 0 unspecified atom stereocenters. The first-order chi connectivity index (χ1) is 10.7. The van der Waals surface area contributed by atoms with E-state index in [9.17, 15) is 4.79 Å². The number of hydrogen-bond donors (Lipinski definition) is 2. The lowest BCUT2D eigenvalue weighted by Gasteiger charge is -2.07. The van der Waals surface area contributed by atoms with Gasteiger partial charge in [-0.3, -0.25) is 4.79 Å². The molecule has 22 heavy (non-hydrogen) atoms. The molecule has 0 radical (unpaired) electrons. The number of rotatable bonds is 4.